The molecule has 3 nitrogen and oxygen atoms in total. The zero-order valence-electron chi connectivity index (χ0n) is 10.4. The first-order valence-electron chi connectivity index (χ1n) is 5.98. The predicted molar refractivity (Wildman–Crippen MR) is 74.3 cm³/mol. The summed E-state index contributed by atoms with van der Waals surface area (Å²) in [6, 6.07) is 14.1. The number of rotatable bonds is 1. The fraction of sp³-hybridized carbons (Fsp3) is 0.0625. The zero-order valence-corrected chi connectivity index (χ0v) is 10.4. The van der Waals surface area contributed by atoms with Crippen molar-refractivity contribution in [1.29, 1.82) is 0 Å². The number of fused-ring (bicyclic) bond motifs is 1. The summed E-state index contributed by atoms with van der Waals surface area (Å²) in [7, 11) is 0. The lowest BCUT2D eigenvalue weighted by atomic mass is 10.0. The van der Waals surface area contributed by atoms with Crippen LogP contribution in [0.15, 0.2) is 57.7 Å². The van der Waals surface area contributed by atoms with Gasteiger partial charge in [0, 0.05) is 5.39 Å². The number of aromatic hydroxyl groups is 1. The van der Waals surface area contributed by atoms with Crippen molar-refractivity contribution < 1.29 is 9.52 Å². The van der Waals surface area contributed by atoms with E-state index < -0.39 is 0 Å². The molecule has 0 aliphatic rings. The third kappa shape index (κ3) is 1.99. The maximum atomic E-state index is 12.0. The third-order valence-corrected chi connectivity index (χ3v) is 3.15. The number of aryl methyl sites for hydroxylation is 1. The molecule has 0 spiro atoms. The molecule has 1 N–H and O–H groups in total. The molecule has 94 valence electrons. The molecule has 0 aliphatic carbocycles. The second-order valence-electron chi connectivity index (χ2n) is 4.48. The van der Waals surface area contributed by atoms with Crippen LogP contribution in [0, 0.1) is 6.92 Å². The fourth-order valence-corrected chi connectivity index (χ4v) is 2.17. The lowest BCUT2D eigenvalue weighted by Crippen LogP contribution is -2.03. The highest BCUT2D eigenvalue weighted by Crippen LogP contribution is 2.25. The maximum Gasteiger partial charge on any atom is 0.344 e. The van der Waals surface area contributed by atoms with Crippen molar-refractivity contribution in [2.75, 3.05) is 0 Å². The van der Waals surface area contributed by atoms with Crippen LogP contribution in [0.4, 0.5) is 0 Å². The van der Waals surface area contributed by atoms with Crippen molar-refractivity contribution in [2.45, 2.75) is 6.92 Å². The standard InChI is InChI=1S/C16H12O3/c1-10-4-2-3-5-13(10)14-9-11-8-12(17)6-7-15(11)19-16(14)18/h2-9,17H,1H3. The summed E-state index contributed by atoms with van der Waals surface area (Å²) in [4.78, 5) is 12.0. The first-order valence-corrected chi connectivity index (χ1v) is 5.98. The van der Waals surface area contributed by atoms with Crippen LogP contribution in [-0.2, 0) is 0 Å². The largest absolute Gasteiger partial charge is 0.508 e. The van der Waals surface area contributed by atoms with Crippen LogP contribution in [0.1, 0.15) is 5.56 Å². The van der Waals surface area contributed by atoms with Crippen molar-refractivity contribution >= 4 is 11.0 Å². The van der Waals surface area contributed by atoms with E-state index in [0.717, 1.165) is 11.1 Å². The molecule has 0 aliphatic heterocycles. The van der Waals surface area contributed by atoms with Crippen molar-refractivity contribution in [1.82, 2.24) is 0 Å². The monoisotopic (exact) mass is 252 g/mol. The van der Waals surface area contributed by atoms with E-state index >= 15 is 0 Å². The van der Waals surface area contributed by atoms with E-state index in [0.29, 0.717) is 16.5 Å². The zero-order chi connectivity index (χ0) is 13.4. The summed E-state index contributed by atoms with van der Waals surface area (Å²) in [6.07, 6.45) is 0. The molecule has 0 atom stereocenters. The predicted octanol–water partition coefficient (Wildman–Crippen LogP) is 3.47. The van der Waals surface area contributed by atoms with Crippen molar-refractivity contribution in [3.63, 3.8) is 0 Å². The van der Waals surface area contributed by atoms with E-state index in [4.69, 9.17) is 4.42 Å². The van der Waals surface area contributed by atoms with Crippen LogP contribution >= 0.6 is 0 Å². The molecular formula is C16H12O3. The highest BCUT2D eigenvalue weighted by molar-refractivity contribution is 5.83. The second kappa shape index (κ2) is 4.28. The summed E-state index contributed by atoms with van der Waals surface area (Å²) in [5.74, 6) is 0.150. The smallest absolute Gasteiger partial charge is 0.344 e. The van der Waals surface area contributed by atoms with Gasteiger partial charge in [-0.3, -0.25) is 0 Å². The summed E-state index contributed by atoms with van der Waals surface area (Å²) in [5, 5.41) is 10.2. The minimum Gasteiger partial charge on any atom is -0.508 e. The molecule has 2 aromatic carbocycles. The molecule has 3 heteroatoms. The van der Waals surface area contributed by atoms with Gasteiger partial charge in [0.25, 0.3) is 0 Å². The molecule has 0 bridgehead atoms. The lowest BCUT2D eigenvalue weighted by Gasteiger charge is -2.05. The molecule has 3 rings (SSSR count). The summed E-state index contributed by atoms with van der Waals surface area (Å²) in [5.41, 5.74) is 2.47. The van der Waals surface area contributed by atoms with Crippen LogP contribution in [0.5, 0.6) is 5.75 Å². The van der Waals surface area contributed by atoms with Gasteiger partial charge in [-0.15, -0.1) is 0 Å². The molecule has 0 fully saturated rings. The minimum absolute atomic E-state index is 0.150. The Balaban J connectivity index is 2.33. The Morgan fingerprint density at radius 3 is 2.58 bits per heavy atom. The SMILES string of the molecule is Cc1ccccc1-c1cc2cc(O)ccc2oc1=O. The molecule has 0 saturated carbocycles. The average Bonchev–Trinajstić information content (AvgIpc) is 2.39. The van der Waals surface area contributed by atoms with Crippen LogP contribution in [-0.4, -0.2) is 5.11 Å². The second-order valence-corrected chi connectivity index (χ2v) is 4.48. The number of benzene rings is 2. The minimum atomic E-state index is -0.368. The topological polar surface area (TPSA) is 50.4 Å². The number of hydrogen-bond donors (Lipinski definition) is 1. The molecule has 0 amide bonds. The van der Waals surface area contributed by atoms with Crippen LogP contribution in [0.25, 0.3) is 22.1 Å². The van der Waals surface area contributed by atoms with Gasteiger partial charge in [-0.2, -0.15) is 0 Å². The number of phenolic OH excluding ortho intramolecular Hbond substituents is 1. The Morgan fingerprint density at radius 1 is 1.00 bits per heavy atom. The molecule has 0 unspecified atom stereocenters. The van der Waals surface area contributed by atoms with Gasteiger partial charge in [0.2, 0.25) is 0 Å². The van der Waals surface area contributed by atoms with Crippen molar-refractivity contribution in [2.24, 2.45) is 0 Å². The van der Waals surface area contributed by atoms with E-state index in [2.05, 4.69) is 0 Å². The van der Waals surface area contributed by atoms with Crippen molar-refractivity contribution in [3.05, 3.63) is 64.5 Å². The first-order chi connectivity index (χ1) is 9.15. The normalized spacial score (nSPS) is 10.8. The van der Waals surface area contributed by atoms with Crippen LogP contribution < -0.4 is 5.63 Å². The highest BCUT2D eigenvalue weighted by Gasteiger charge is 2.09. The Morgan fingerprint density at radius 2 is 1.79 bits per heavy atom. The number of hydrogen-bond acceptors (Lipinski definition) is 3. The molecule has 3 aromatic rings. The molecular weight excluding hydrogens is 240 g/mol. The Bertz CT molecular complexity index is 816. The Hall–Kier alpha value is -2.55. The third-order valence-electron chi connectivity index (χ3n) is 3.15. The number of phenols is 1. The average molecular weight is 252 g/mol. The molecule has 0 saturated heterocycles. The van der Waals surface area contributed by atoms with E-state index in [1.54, 1.807) is 18.2 Å². The molecule has 1 heterocycles. The van der Waals surface area contributed by atoms with E-state index in [-0.39, 0.29) is 11.4 Å². The fourth-order valence-electron chi connectivity index (χ4n) is 2.17. The first kappa shape index (κ1) is 11.5. The van der Waals surface area contributed by atoms with Crippen LogP contribution in [0.3, 0.4) is 0 Å². The van der Waals surface area contributed by atoms with E-state index in [1.807, 2.05) is 31.2 Å². The van der Waals surface area contributed by atoms with Gasteiger partial charge in [0.05, 0.1) is 5.56 Å². The molecule has 19 heavy (non-hydrogen) atoms. The van der Waals surface area contributed by atoms with Gasteiger partial charge in [-0.25, -0.2) is 4.79 Å². The lowest BCUT2D eigenvalue weighted by molar-refractivity contribution is 0.475. The van der Waals surface area contributed by atoms with Gasteiger partial charge in [-0.05, 0) is 42.3 Å². The summed E-state index contributed by atoms with van der Waals surface area (Å²) >= 11 is 0. The molecule has 1 aromatic heterocycles. The molecule has 0 radical (unpaired) electrons. The van der Waals surface area contributed by atoms with Gasteiger partial charge >= 0.3 is 5.63 Å². The maximum absolute atomic E-state index is 12.0. The van der Waals surface area contributed by atoms with Crippen molar-refractivity contribution in [3.8, 4) is 16.9 Å². The van der Waals surface area contributed by atoms with Crippen LogP contribution in [0.2, 0.25) is 0 Å². The summed E-state index contributed by atoms with van der Waals surface area (Å²) in [6.45, 7) is 1.95. The van der Waals surface area contributed by atoms with E-state index in [1.165, 1.54) is 6.07 Å². The Kier molecular flexibility index (Phi) is 2.60. The van der Waals surface area contributed by atoms with Gasteiger partial charge in [0.1, 0.15) is 11.3 Å². The van der Waals surface area contributed by atoms with Gasteiger partial charge in [-0.1, -0.05) is 24.3 Å². The Labute approximate surface area is 109 Å². The summed E-state index contributed by atoms with van der Waals surface area (Å²) < 4.78 is 5.29. The quantitative estimate of drug-likeness (QED) is 0.674. The van der Waals surface area contributed by atoms with Gasteiger partial charge in [0.15, 0.2) is 0 Å². The highest BCUT2D eigenvalue weighted by atomic mass is 16.4. The van der Waals surface area contributed by atoms with E-state index in [9.17, 15) is 9.90 Å². The van der Waals surface area contributed by atoms with Gasteiger partial charge < -0.3 is 9.52 Å².